The Bertz CT molecular complexity index is 361. The Hall–Kier alpha value is -1.55. The number of carbonyl (C=O) groups is 1. The first-order valence-electron chi connectivity index (χ1n) is 4.27. The van der Waals surface area contributed by atoms with Gasteiger partial charge >= 0.3 is 5.97 Å². The van der Waals surface area contributed by atoms with Crippen molar-refractivity contribution in [3.05, 3.63) is 34.9 Å². The summed E-state index contributed by atoms with van der Waals surface area (Å²) in [5.74, 6) is -1.09. The molecule has 0 spiro atoms. The molecular weight excluding hydrogens is 218 g/mol. The van der Waals surface area contributed by atoms with Gasteiger partial charge in [-0.3, -0.25) is 0 Å². The van der Waals surface area contributed by atoms with E-state index in [1.54, 1.807) is 31.2 Å². The lowest BCUT2D eigenvalue weighted by molar-refractivity contribution is -0.150. The lowest BCUT2D eigenvalue weighted by Gasteiger charge is -2.10. The van der Waals surface area contributed by atoms with Crippen LogP contribution in [0.25, 0.3) is 0 Å². The van der Waals surface area contributed by atoms with Crippen LogP contribution in [-0.2, 0) is 9.63 Å². The van der Waals surface area contributed by atoms with Crippen LogP contribution in [0.3, 0.4) is 0 Å². The summed E-state index contributed by atoms with van der Waals surface area (Å²) in [6, 6.07) is 6.39. The quantitative estimate of drug-likeness (QED) is 0.635. The third-order valence-corrected chi connectivity index (χ3v) is 1.92. The second-order valence-corrected chi connectivity index (χ2v) is 3.18. The van der Waals surface area contributed by atoms with E-state index < -0.39 is 12.1 Å². The number of halogens is 1. The average Bonchev–Trinajstić information content (AvgIpc) is 2.21. The zero-order valence-electron chi connectivity index (χ0n) is 8.05. The normalized spacial score (nSPS) is 12.7. The average molecular weight is 228 g/mol. The van der Waals surface area contributed by atoms with E-state index in [1.807, 2.05) is 0 Å². The van der Waals surface area contributed by atoms with E-state index in [0.717, 1.165) is 0 Å². The van der Waals surface area contributed by atoms with Crippen LogP contribution in [-0.4, -0.2) is 17.3 Å². The molecule has 0 radical (unpaired) electrons. The van der Waals surface area contributed by atoms with Gasteiger partial charge in [-0.05, 0) is 19.1 Å². The Balaban J connectivity index is 2.88. The fourth-order valence-corrected chi connectivity index (χ4v) is 1.13. The summed E-state index contributed by atoms with van der Waals surface area (Å²) in [6.07, 6.45) is 0.282. The van der Waals surface area contributed by atoms with Gasteiger partial charge in [0.05, 0.1) is 0 Å². The number of hydrogen-bond acceptors (Lipinski definition) is 3. The molecule has 1 aromatic rings. The third-order valence-electron chi connectivity index (χ3n) is 1.67. The van der Waals surface area contributed by atoms with Crippen molar-refractivity contribution in [3.8, 4) is 0 Å². The highest BCUT2D eigenvalue weighted by molar-refractivity contribution is 6.30. The minimum atomic E-state index is -1.10. The Morgan fingerprint density at radius 2 is 2.13 bits per heavy atom. The third kappa shape index (κ3) is 3.25. The highest BCUT2D eigenvalue weighted by Gasteiger charge is 2.21. The molecule has 0 aliphatic carbocycles. The predicted octanol–water partition coefficient (Wildman–Crippen LogP) is 2.49. The first kappa shape index (κ1) is 11.5. The van der Waals surface area contributed by atoms with E-state index in [1.165, 1.54) is 6.21 Å². The maximum atomic E-state index is 10.9. The van der Waals surface area contributed by atoms with Crippen LogP contribution in [0.2, 0.25) is 5.02 Å². The van der Waals surface area contributed by atoms with Crippen LogP contribution in [0, 0.1) is 0 Å². The van der Waals surface area contributed by atoms with Crippen LogP contribution < -0.4 is 0 Å². The molecule has 15 heavy (non-hydrogen) atoms. The molecule has 0 saturated carbocycles. The molecule has 0 fully saturated rings. The zero-order chi connectivity index (χ0) is 11.3. The van der Waals surface area contributed by atoms with Crippen LogP contribution in [0.4, 0.5) is 0 Å². The van der Waals surface area contributed by atoms with E-state index in [2.05, 4.69) is 5.16 Å². The Morgan fingerprint density at radius 3 is 2.60 bits per heavy atom. The molecule has 0 aliphatic heterocycles. The van der Waals surface area contributed by atoms with E-state index in [4.69, 9.17) is 21.5 Å². The van der Waals surface area contributed by atoms with Crippen LogP contribution in [0.5, 0.6) is 0 Å². The molecule has 0 amide bonds. The number of benzene rings is 1. The highest BCUT2D eigenvalue weighted by atomic mass is 35.5. The number of aliphatic carboxylic acids is 1. The molecule has 5 heteroatoms. The maximum Gasteiger partial charge on any atom is 0.352 e. The highest BCUT2D eigenvalue weighted by Crippen LogP contribution is 2.20. The van der Waals surface area contributed by atoms with Crippen molar-refractivity contribution in [2.75, 3.05) is 0 Å². The monoisotopic (exact) mass is 227 g/mol. The first-order valence-corrected chi connectivity index (χ1v) is 4.65. The van der Waals surface area contributed by atoms with Crippen molar-refractivity contribution in [1.29, 1.82) is 0 Å². The Kier molecular flexibility index (Phi) is 4.12. The number of carboxylic acids is 1. The molecule has 1 N–H and O–H groups in total. The molecule has 1 unspecified atom stereocenters. The van der Waals surface area contributed by atoms with Crippen molar-refractivity contribution in [1.82, 2.24) is 0 Å². The van der Waals surface area contributed by atoms with Crippen molar-refractivity contribution >= 4 is 23.8 Å². The topological polar surface area (TPSA) is 58.9 Å². The number of nitrogens with zero attached hydrogens (tertiary/aromatic N) is 1. The molecule has 0 aliphatic rings. The van der Waals surface area contributed by atoms with Crippen molar-refractivity contribution in [2.24, 2.45) is 5.16 Å². The van der Waals surface area contributed by atoms with E-state index >= 15 is 0 Å². The van der Waals surface area contributed by atoms with Gasteiger partial charge in [0.1, 0.15) is 0 Å². The molecule has 4 nitrogen and oxygen atoms in total. The van der Waals surface area contributed by atoms with Gasteiger partial charge in [0.2, 0.25) is 6.10 Å². The molecule has 80 valence electrons. The number of carboxylic acid groups (broad SMARTS) is 1. The number of oxime groups is 1. The smallest absolute Gasteiger partial charge is 0.352 e. The predicted molar refractivity (Wildman–Crippen MR) is 57.1 cm³/mol. The second-order valence-electron chi connectivity index (χ2n) is 2.74. The van der Waals surface area contributed by atoms with Crippen molar-refractivity contribution in [3.63, 3.8) is 0 Å². The number of hydrogen-bond donors (Lipinski definition) is 1. The summed E-state index contributed by atoms with van der Waals surface area (Å²) in [4.78, 5) is 15.7. The first-order chi connectivity index (χ1) is 7.15. The molecule has 0 aromatic heterocycles. The molecule has 0 heterocycles. The summed E-state index contributed by atoms with van der Waals surface area (Å²) >= 11 is 5.68. The van der Waals surface area contributed by atoms with E-state index in [-0.39, 0.29) is 0 Å². The van der Waals surface area contributed by atoms with Crippen LogP contribution >= 0.6 is 11.6 Å². The molecule has 1 rings (SSSR count). The lowest BCUT2D eigenvalue weighted by atomic mass is 10.1. The van der Waals surface area contributed by atoms with Gasteiger partial charge in [-0.25, -0.2) is 4.79 Å². The summed E-state index contributed by atoms with van der Waals surface area (Å²) < 4.78 is 0. The standard InChI is InChI=1S/C10H10ClNO3/c1-2-12-15-9(10(13)14)7-3-5-8(11)6-4-7/h2-6,9H,1H3,(H,13,14). The van der Waals surface area contributed by atoms with Gasteiger partial charge in [-0.1, -0.05) is 28.9 Å². The molecule has 0 bridgehead atoms. The Morgan fingerprint density at radius 1 is 1.53 bits per heavy atom. The minimum Gasteiger partial charge on any atom is -0.478 e. The zero-order valence-corrected chi connectivity index (χ0v) is 8.81. The van der Waals surface area contributed by atoms with Gasteiger partial charge in [0, 0.05) is 16.8 Å². The SMILES string of the molecule is CC=NOC(C(=O)O)c1ccc(Cl)cc1. The molecular formula is C10H10ClNO3. The Labute approximate surface area is 92.1 Å². The second kappa shape index (κ2) is 5.36. The van der Waals surface area contributed by atoms with Crippen LogP contribution in [0.1, 0.15) is 18.6 Å². The van der Waals surface area contributed by atoms with Gasteiger partial charge in [0.25, 0.3) is 0 Å². The van der Waals surface area contributed by atoms with Crippen molar-refractivity contribution < 1.29 is 14.7 Å². The molecule has 0 saturated heterocycles. The van der Waals surface area contributed by atoms with Crippen LogP contribution in [0.15, 0.2) is 29.4 Å². The van der Waals surface area contributed by atoms with Crippen molar-refractivity contribution in [2.45, 2.75) is 13.0 Å². The van der Waals surface area contributed by atoms with Gasteiger partial charge in [0.15, 0.2) is 0 Å². The largest absolute Gasteiger partial charge is 0.478 e. The van der Waals surface area contributed by atoms with E-state index in [0.29, 0.717) is 10.6 Å². The van der Waals surface area contributed by atoms with Gasteiger partial charge in [-0.15, -0.1) is 0 Å². The summed E-state index contributed by atoms with van der Waals surface area (Å²) in [6.45, 7) is 1.64. The molecule has 1 atom stereocenters. The lowest BCUT2D eigenvalue weighted by Crippen LogP contribution is -2.12. The fraction of sp³-hybridized carbons (Fsp3) is 0.200. The number of rotatable bonds is 4. The minimum absolute atomic E-state index is 0.498. The fourth-order valence-electron chi connectivity index (χ4n) is 1.01. The van der Waals surface area contributed by atoms with E-state index in [9.17, 15) is 4.79 Å². The summed E-state index contributed by atoms with van der Waals surface area (Å²) in [5, 5.41) is 12.9. The summed E-state index contributed by atoms with van der Waals surface area (Å²) in [5.41, 5.74) is 0.498. The summed E-state index contributed by atoms with van der Waals surface area (Å²) in [7, 11) is 0. The maximum absolute atomic E-state index is 10.9. The molecule has 1 aromatic carbocycles. The van der Waals surface area contributed by atoms with Gasteiger partial charge < -0.3 is 9.94 Å². The van der Waals surface area contributed by atoms with Gasteiger partial charge in [-0.2, -0.15) is 0 Å².